The summed E-state index contributed by atoms with van der Waals surface area (Å²) in [4.78, 5) is 22.7. The average molecular weight is 363 g/mol. The molecule has 1 saturated heterocycles. The molecule has 0 aliphatic carbocycles. The number of hydrogen-bond donors (Lipinski definition) is 1. The average Bonchev–Trinajstić information content (AvgIpc) is 3.09. The highest BCUT2D eigenvalue weighted by atomic mass is 16.5. The number of nitrogens with one attached hydrogen (secondary N) is 1. The summed E-state index contributed by atoms with van der Waals surface area (Å²) in [5.74, 6) is 0.870. The van der Waals surface area contributed by atoms with Gasteiger partial charge in [0.15, 0.2) is 0 Å². The van der Waals surface area contributed by atoms with Gasteiger partial charge in [-0.25, -0.2) is 4.98 Å². The van der Waals surface area contributed by atoms with E-state index in [-0.39, 0.29) is 12.0 Å². The van der Waals surface area contributed by atoms with Crippen molar-refractivity contribution in [2.45, 2.75) is 32.3 Å². The van der Waals surface area contributed by atoms with Gasteiger partial charge < -0.3 is 14.6 Å². The van der Waals surface area contributed by atoms with Gasteiger partial charge in [-0.15, -0.1) is 0 Å². The minimum atomic E-state index is 0.0449. The number of hydrogen-bond acceptors (Lipinski definition) is 3. The lowest BCUT2D eigenvalue weighted by atomic mass is 10.0. The van der Waals surface area contributed by atoms with Crippen LogP contribution in [-0.4, -0.2) is 46.6 Å². The van der Waals surface area contributed by atoms with Crippen LogP contribution in [0.4, 0.5) is 0 Å². The van der Waals surface area contributed by atoms with Crippen molar-refractivity contribution >= 4 is 16.9 Å². The number of aromatic amines is 1. The highest BCUT2D eigenvalue weighted by molar-refractivity contribution is 6.04. The fraction of sp³-hybridized carbons (Fsp3) is 0.364. The summed E-state index contributed by atoms with van der Waals surface area (Å²) in [5, 5.41) is 0. The molecule has 0 unspecified atom stereocenters. The van der Waals surface area contributed by atoms with Crippen LogP contribution in [0.2, 0.25) is 0 Å². The number of rotatable bonds is 5. The quantitative estimate of drug-likeness (QED) is 0.751. The molecule has 0 spiro atoms. The summed E-state index contributed by atoms with van der Waals surface area (Å²) in [6.07, 6.45) is 3.17. The van der Waals surface area contributed by atoms with Gasteiger partial charge in [0, 0.05) is 13.1 Å². The number of benzene rings is 2. The van der Waals surface area contributed by atoms with Crippen molar-refractivity contribution in [3.63, 3.8) is 0 Å². The van der Waals surface area contributed by atoms with E-state index < -0.39 is 0 Å². The number of nitrogens with zero attached hydrogens (tertiary/aromatic N) is 2. The number of amides is 1. The van der Waals surface area contributed by atoms with Crippen molar-refractivity contribution in [2.75, 3.05) is 19.7 Å². The Labute approximate surface area is 159 Å². The first kappa shape index (κ1) is 17.7. The molecular weight excluding hydrogens is 338 g/mol. The number of ether oxygens (including phenoxy) is 1. The molecule has 5 nitrogen and oxygen atoms in total. The lowest BCUT2D eigenvalue weighted by Crippen LogP contribution is -2.45. The van der Waals surface area contributed by atoms with E-state index in [1.54, 1.807) is 0 Å². The summed E-state index contributed by atoms with van der Waals surface area (Å²) in [6.45, 7) is 3.78. The number of para-hydroxylation sites is 1. The first-order valence-corrected chi connectivity index (χ1v) is 9.61. The van der Waals surface area contributed by atoms with Crippen LogP contribution in [0.3, 0.4) is 0 Å². The maximum absolute atomic E-state index is 13.1. The summed E-state index contributed by atoms with van der Waals surface area (Å²) in [5.41, 5.74) is 3.68. The van der Waals surface area contributed by atoms with Crippen LogP contribution >= 0.6 is 0 Å². The van der Waals surface area contributed by atoms with E-state index in [1.165, 1.54) is 5.56 Å². The van der Waals surface area contributed by atoms with E-state index >= 15 is 0 Å². The second-order valence-corrected chi connectivity index (χ2v) is 7.15. The molecular formula is C22H25N3O2. The Kier molecular flexibility index (Phi) is 5.21. The minimum absolute atomic E-state index is 0.0449. The maximum Gasteiger partial charge on any atom is 0.256 e. The first-order chi connectivity index (χ1) is 13.2. The van der Waals surface area contributed by atoms with Crippen molar-refractivity contribution in [1.29, 1.82) is 0 Å². The van der Waals surface area contributed by atoms with Crippen LogP contribution in [0, 0.1) is 6.92 Å². The number of imidazole rings is 1. The summed E-state index contributed by atoms with van der Waals surface area (Å²) < 4.78 is 5.91. The van der Waals surface area contributed by atoms with Gasteiger partial charge in [0.05, 0.1) is 23.8 Å². The molecule has 5 heteroatoms. The molecule has 0 radical (unpaired) electrons. The van der Waals surface area contributed by atoms with Crippen molar-refractivity contribution < 1.29 is 9.53 Å². The van der Waals surface area contributed by atoms with Gasteiger partial charge in [-0.2, -0.15) is 0 Å². The summed E-state index contributed by atoms with van der Waals surface area (Å²) in [6, 6.07) is 16.2. The number of aryl methyl sites for hydroxylation is 2. The normalized spacial score (nSPS) is 17.4. The number of fused-ring (bicyclic) bond motifs is 1. The van der Waals surface area contributed by atoms with Gasteiger partial charge in [-0.3, -0.25) is 4.79 Å². The fourth-order valence-corrected chi connectivity index (χ4v) is 3.76. The molecule has 3 aromatic rings. The van der Waals surface area contributed by atoms with Gasteiger partial charge in [-0.05, 0) is 43.9 Å². The molecule has 140 valence electrons. The number of carbonyl (C=O) groups excluding carboxylic acids is 1. The molecule has 1 amide bonds. The van der Waals surface area contributed by atoms with Crippen LogP contribution in [0.1, 0.15) is 34.6 Å². The third kappa shape index (κ3) is 4.03. The highest BCUT2D eigenvalue weighted by Crippen LogP contribution is 2.20. The Morgan fingerprint density at radius 1 is 1.22 bits per heavy atom. The summed E-state index contributed by atoms with van der Waals surface area (Å²) in [7, 11) is 0. The number of aromatic nitrogens is 2. The van der Waals surface area contributed by atoms with Crippen LogP contribution in [0.15, 0.2) is 48.5 Å². The molecule has 1 fully saturated rings. The van der Waals surface area contributed by atoms with Crippen molar-refractivity contribution in [3.05, 3.63) is 65.5 Å². The third-order valence-electron chi connectivity index (χ3n) is 5.12. The smallest absolute Gasteiger partial charge is 0.256 e. The number of morpholine rings is 1. The zero-order valence-corrected chi connectivity index (χ0v) is 15.6. The van der Waals surface area contributed by atoms with Crippen LogP contribution in [0.25, 0.3) is 11.0 Å². The van der Waals surface area contributed by atoms with Gasteiger partial charge >= 0.3 is 0 Å². The van der Waals surface area contributed by atoms with E-state index in [2.05, 4.69) is 34.2 Å². The van der Waals surface area contributed by atoms with E-state index in [1.807, 2.05) is 36.1 Å². The molecule has 1 N–H and O–H groups in total. The second kappa shape index (κ2) is 7.92. The molecule has 2 aromatic carbocycles. The topological polar surface area (TPSA) is 58.2 Å². The monoisotopic (exact) mass is 363 g/mol. The molecule has 2 heterocycles. The van der Waals surface area contributed by atoms with Gasteiger partial charge in [-0.1, -0.05) is 36.4 Å². The van der Waals surface area contributed by atoms with Crippen molar-refractivity contribution in [3.8, 4) is 0 Å². The van der Waals surface area contributed by atoms with Gasteiger partial charge in [0.1, 0.15) is 11.3 Å². The van der Waals surface area contributed by atoms with E-state index in [9.17, 15) is 4.79 Å². The lowest BCUT2D eigenvalue weighted by Gasteiger charge is -2.33. The van der Waals surface area contributed by atoms with Gasteiger partial charge in [0.25, 0.3) is 5.91 Å². The molecule has 0 bridgehead atoms. The maximum atomic E-state index is 13.1. The van der Waals surface area contributed by atoms with Crippen LogP contribution in [-0.2, 0) is 11.2 Å². The zero-order chi connectivity index (χ0) is 18.6. The largest absolute Gasteiger partial charge is 0.375 e. The predicted octanol–water partition coefficient (Wildman–Crippen LogP) is 3.74. The van der Waals surface area contributed by atoms with E-state index in [0.717, 1.165) is 36.1 Å². The number of carbonyl (C=O) groups is 1. The molecule has 1 aliphatic heterocycles. The van der Waals surface area contributed by atoms with E-state index in [0.29, 0.717) is 25.3 Å². The number of H-pyrrole nitrogens is 1. The zero-order valence-electron chi connectivity index (χ0n) is 15.6. The Hall–Kier alpha value is -2.66. The highest BCUT2D eigenvalue weighted by Gasteiger charge is 2.26. The SMILES string of the molecule is Cc1nc2c(C(=O)N3CCO[C@H](CCCc4ccccc4)C3)cccc2[nH]1. The van der Waals surface area contributed by atoms with Crippen molar-refractivity contribution in [2.24, 2.45) is 0 Å². The Bertz CT molecular complexity index is 920. The molecule has 4 rings (SSSR count). The van der Waals surface area contributed by atoms with Crippen molar-refractivity contribution in [1.82, 2.24) is 14.9 Å². The Morgan fingerprint density at radius 2 is 2.07 bits per heavy atom. The second-order valence-electron chi connectivity index (χ2n) is 7.15. The molecule has 1 aliphatic rings. The van der Waals surface area contributed by atoms with Gasteiger partial charge in [0.2, 0.25) is 0 Å². The molecule has 27 heavy (non-hydrogen) atoms. The van der Waals surface area contributed by atoms with Crippen LogP contribution < -0.4 is 0 Å². The lowest BCUT2D eigenvalue weighted by molar-refractivity contribution is -0.0254. The molecule has 0 saturated carbocycles. The fourth-order valence-electron chi connectivity index (χ4n) is 3.76. The van der Waals surface area contributed by atoms with E-state index in [4.69, 9.17) is 4.74 Å². The molecule has 1 atom stereocenters. The minimum Gasteiger partial charge on any atom is -0.375 e. The summed E-state index contributed by atoms with van der Waals surface area (Å²) >= 11 is 0. The predicted molar refractivity (Wildman–Crippen MR) is 106 cm³/mol. The Morgan fingerprint density at radius 3 is 2.93 bits per heavy atom. The van der Waals surface area contributed by atoms with Crippen LogP contribution in [0.5, 0.6) is 0 Å². The first-order valence-electron chi connectivity index (χ1n) is 9.61. The standard InChI is InChI=1S/C22H25N3O2/c1-16-23-20-12-6-11-19(21(20)24-16)22(26)25-13-14-27-18(15-25)10-5-9-17-7-3-2-4-8-17/h2-4,6-8,11-12,18H,5,9-10,13-15H2,1H3,(H,23,24)/t18-/m1/s1. The Balaban J connectivity index is 1.39. The molecule has 1 aromatic heterocycles. The third-order valence-corrected chi connectivity index (χ3v) is 5.12.